The lowest BCUT2D eigenvalue weighted by Gasteiger charge is -2.30. The van der Waals surface area contributed by atoms with Gasteiger partial charge in [0.2, 0.25) is 0 Å². The minimum absolute atomic E-state index is 0.0953. The third kappa shape index (κ3) is 3.38. The van der Waals surface area contributed by atoms with Crippen LogP contribution < -0.4 is 5.32 Å². The average molecular weight is 480 g/mol. The molecule has 162 valence electrons. The first-order valence-electron chi connectivity index (χ1n) is 10.9. The SMILES string of the molecule is O=C(Nc1ccc(Cl)cc1)N1Cc2c(sc3c2CCCC3)-n2cccc2C1c1cccs1. The molecule has 4 aromatic rings. The standard InChI is InChI=1S/C25H22ClN3OS2/c26-16-9-11-17(12-10-16)27-25(30)29-15-19-18-5-1-2-7-21(18)32-24(19)28-13-3-6-20(28)23(29)22-8-4-14-31-22/h3-4,6,8-14,23H,1-2,5,7,15H2,(H,27,30). The highest BCUT2D eigenvalue weighted by atomic mass is 35.5. The van der Waals surface area contributed by atoms with Gasteiger partial charge in [-0.2, -0.15) is 0 Å². The highest BCUT2D eigenvalue weighted by Crippen LogP contribution is 2.44. The molecule has 1 unspecified atom stereocenters. The van der Waals surface area contributed by atoms with Crippen LogP contribution in [0.3, 0.4) is 0 Å². The summed E-state index contributed by atoms with van der Waals surface area (Å²) >= 11 is 9.65. The number of rotatable bonds is 2. The van der Waals surface area contributed by atoms with Crippen LogP contribution in [0.5, 0.6) is 0 Å². The summed E-state index contributed by atoms with van der Waals surface area (Å²) < 4.78 is 2.32. The molecule has 6 rings (SSSR count). The summed E-state index contributed by atoms with van der Waals surface area (Å²) in [7, 11) is 0. The molecule has 1 aliphatic heterocycles. The Morgan fingerprint density at radius 1 is 1.03 bits per heavy atom. The molecule has 0 fully saturated rings. The Labute approximate surface area is 200 Å². The van der Waals surface area contributed by atoms with E-state index in [9.17, 15) is 4.79 Å². The summed E-state index contributed by atoms with van der Waals surface area (Å²) in [5.41, 5.74) is 4.66. The van der Waals surface area contributed by atoms with Gasteiger partial charge in [0.25, 0.3) is 0 Å². The molecule has 32 heavy (non-hydrogen) atoms. The molecule has 7 heteroatoms. The number of urea groups is 1. The summed E-state index contributed by atoms with van der Waals surface area (Å²) in [4.78, 5) is 18.4. The number of fused-ring (bicyclic) bond motifs is 5. The molecule has 2 amide bonds. The Bertz CT molecular complexity index is 1270. The Kier molecular flexibility index (Phi) is 5.09. The minimum Gasteiger partial charge on any atom is -0.310 e. The molecule has 0 radical (unpaired) electrons. The van der Waals surface area contributed by atoms with E-state index in [1.54, 1.807) is 23.5 Å². The summed E-state index contributed by atoms with van der Waals surface area (Å²) in [6.07, 6.45) is 6.88. The van der Waals surface area contributed by atoms with Crippen molar-refractivity contribution in [1.82, 2.24) is 9.47 Å². The molecule has 3 aromatic heterocycles. The predicted molar refractivity (Wildman–Crippen MR) is 132 cm³/mol. The summed E-state index contributed by atoms with van der Waals surface area (Å²) in [6, 6.07) is 15.5. The zero-order valence-corrected chi connectivity index (χ0v) is 19.8. The number of carbonyl (C=O) groups is 1. The van der Waals surface area contributed by atoms with E-state index >= 15 is 0 Å². The van der Waals surface area contributed by atoms with Crippen LogP contribution >= 0.6 is 34.3 Å². The van der Waals surface area contributed by atoms with Crippen LogP contribution in [0, 0.1) is 0 Å². The van der Waals surface area contributed by atoms with Crippen LogP contribution in [0.25, 0.3) is 5.00 Å². The minimum atomic E-state index is -0.142. The van der Waals surface area contributed by atoms with Crippen LogP contribution in [0.1, 0.15) is 45.5 Å². The summed E-state index contributed by atoms with van der Waals surface area (Å²) in [6.45, 7) is 0.602. The Hall–Kier alpha value is -2.54. The first kappa shape index (κ1) is 20.1. The van der Waals surface area contributed by atoms with Gasteiger partial charge >= 0.3 is 6.03 Å². The number of anilines is 1. The van der Waals surface area contributed by atoms with Crippen molar-refractivity contribution < 1.29 is 4.79 Å². The number of aryl methyl sites for hydroxylation is 1. The van der Waals surface area contributed by atoms with Crippen molar-refractivity contribution in [2.45, 2.75) is 38.3 Å². The highest BCUT2D eigenvalue weighted by Gasteiger charge is 2.36. The highest BCUT2D eigenvalue weighted by molar-refractivity contribution is 7.15. The molecule has 4 nitrogen and oxygen atoms in total. The second kappa shape index (κ2) is 8.10. The van der Waals surface area contributed by atoms with Crippen molar-refractivity contribution >= 4 is 46.0 Å². The second-order valence-corrected chi connectivity index (χ2v) is 10.8. The zero-order chi connectivity index (χ0) is 21.7. The first-order chi connectivity index (χ1) is 15.7. The number of benzene rings is 1. The van der Waals surface area contributed by atoms with Gasteiger partial charge in [0, 0.05) is 32.2 Å². The van der Waals surface area contributed by atoms with E-state index in [1.807, 2.05) is 28.4 Å². The smallest absolute Gasteiger partial charge is 0.310 e. The largest absolute Gasteiger partial charge is 0.323 e. The molecule has 1 atom stereocenters. The molecule has 1 aromatic carbocycles. The van der Waals surface area contributed by atoms with Gasteiger partial charge in [0.1, 0.15) is 11.0 Å². The van der Waals surface area contributed by atoms with E-state index in [1.165, 1.54) is 38.7 Å². The number of carbonyl (C=O) groups excluding carboxylic acids is 1. The molecule has 0 bridgehead atoms. The lowest BCUT2D eigenvalue weighted by Crippen LogP contribution is -2.37. The molecule has 0 saturated heterocycles. The first-order valence-corrected chi connectivity index (χ1v) is 12.9. The van der Waals surface area contributed by atoms with E-state index in [2.05, 4.69) is 45.7 Å². The molecular formula is C25H22ClN3OS2. The molecule has 0 spiro atoms. The van der Waals surface area contributed by atoms with E-state index in [-0.39, 0.29) is 12.1 Å². The number of nitrogens with zero attached hydrogens (tertiary/aromatic N) is 2. The Morgan fingerprint density at radius 3 is 2.69 bits per heavy atom. The van der Waals surface area contributed by atoms with Crippen molar-refractivity contribution in [3.05, 3.63) is 91.7 Å². The lowest BCUT2D eigenvalue weighted by molar-refractivity contribution is 0.195. The number of amides is 2. The van der Waals surface area contributed by atoms with Crippen LogP contribution in [-0.4, -0.2) is 15.5 Å². The second-order valence-electron chi connectivity index (χ2n) is 8.28. The van der Waals surface area contributed by atoms with Crippen LogP contribution in [-0.2, 0) is 19.4 Å². The number of hydrogen-bond donors (Lipinski definition) is 1. The van der Waals surface area contributed by atoms with Crippen molar-refractivity contribution in [3.63, 3.8) is 0 Å². The third-order valence-electron chi connectivity index (χ3n) is 6.35. The average Bonchev–Trinajstić information content (AvgIpc) is 3.55. The maximum absolute atomic E-state index is 13.7. The van der Waals surface area contributed by atoms with Crippen molar-refractivity contribution in [1.29, 1.82) is 0 Å². The Balaban J connectivity index is 1.48. The van der Waals surface area contributed by atoms with Gasteiger partial charge in [0.15, 0.2) is 0 Å². The molecule has 2 aliphatic rings. The van der Waals surface area contributed by atoms with E-state index in [0.29, 0.717) is 11.6 Å². The normalized spacial score (nSPS) is 17.3. The van der Waals surface area contributed by atoms with Crippen LogP contribution in [0.2, 0.25) is 5.02 Å². The topological polar surface area (TPSA) is 37.3 Å². The van der Waals surface area contributed by atoms with E-state index < -0.39 is 0 Å². The third-order valence-corrected chi connectivity index (χ3v) is 8.86. The van der Waals surface area contributed by atoms with Crippen molar-refractivity contribution in [2.75, 3.05) is 5.32 Å². The van der Waals surface area contributed by atoms with Crippen LogP contribution in [0.4, 0.5) is 10.5 Å². The van der Waals surface area contributed by atoms with Crippen LogP contribution in [0.15, 0.2) is 60.1 Å². The quantitative estimate of drug-likeness (QED) is 0.322. The monoisotopic (exact) mass is 479 g/mol. The number of aromatic nitrogens is 1. The van der Waals surface area contributed by atoms with Gasteiger partial charge in [-0.3, -0.25) is 0 Å². The Morgan fingerprint density at radius 2 is 1.88 bits per heavy atom. The number of thiophene rings is 2. The fourth-order valence-corrected chi connectivity index (χ4v) is 7.24. The fraction of sp³-hybridized carbons (Fsp3) is 0.240. The molecular weight excluding hydrogens is 458 g/mol. The van der Waals surface area contributed by atoms with Crippen molar-refractivity contribution in [2.24, 2.45) is 0 Å². The predicted octanol–water partition coefficient (Wildman–Crippen LogP) is 7.27. The molecule has 4 heterocycles. The summed E-state index contributed by atoms with van der Waals surface area (Å²) in [5.74, 6) is 0. The number of halogens is 1. The zero-order valence-electron chi connectivity index (χ0n) is 17.4. The van der Waals surface area contributed by atoms with Gasteiger partial charge in [-0.25, -0.2) is 4.79 Å². The van der Waals surface area contributed by atoms with Crippen molar-refractivity contribution in [3.8, 4) is 5.00 Å². The number of nitrogens with one attached hydrogen (secondary N) is 1. The molecule has 0 saturated carbocycles. The van der Waals surface area contributed by atoms with Gasteiger partial charge in [-0.1, -0.05) is 17.7 Å². The summed E-state index contributed by atoms with van der Waals surface area (Å²) in [5, 5.41) is 7.13. The van der Waals surface area contributed by atoms with Gasteiger partial charge in [-0.15, -0.1) is 22.7 Å². The molecule has 1 N–H and O–H groups in total. The maximum Gasteiger partial charge on any atom is 0.323 e. The number of hydrogen-bond acceptors (Lipinski definition) is 3. The fourth-order valence-electron chi connectivity index (χ4n) is 4.86. The maximum atomic E-state index is 13.7. The van der Waals surface area contributed by atoms with Gasteiger partial charge < -0.3 is 14.8 Å². The van der Waals surface area contributed by atoms with E-state index in [4.69, 9.17) is 11.6 Å². The van der Waals surface area contributed by atoms with Gasteiger partial charge in [0.05, 0.1) is 12.2 Å². The van der Waals surface area contributed by atoms with E-state index in [0.717, 1.165) is 24.2 Å². The molecule has 1 aliphatic carbocycles. The lowest BCUT2D eigenvalue weighted by atomic mass is 9.95. The van der Waals surface area contributed by atoms with Gasteiger partial charge in [-0.05, 0) is 79.1 Å².